The van der Waals surface area contributed by atoms with Gasteiger partial charge in [-0.3, -0.25) is 9.59 Å². The van der Waals surface area contributed by atoms with Crippen molar-refractivity contribution < 1.29 is 24.0 Å². The Hall–Kier alpha value is -3.50. The number of imide groups is 1. The first-order valence-corrected chi connectivity index (χ1v) is 9.51. The molecule has 0 aliphatic carbocycles. The smallest absolute Gasteiger partial charge is 0.333 e. The Morgan fingerprint density at radius 2 is 1.93 bits per heavy atom. The number of amides is 2. The zero-order valence-electron chi connectivity index (χ0n) is 15.2. The molecule has 150 valence electrons. The van der Waals surface area contributed by atoms with E-state index in [0.717, 1.165) is 5.56 Å². The van der Waals surface area contributed by atoms with Crippen molar-refractivity contribution in [3.05, 3.63) is 39.7 Å². The molecule has 12 heteroatoms. The van der Waals surface area contributed by atoms with Gasteiger partial charge in [0.2, 0.25) is 0 Å². The van der Waals surface area contributed by atoms with Crippen LogP contribution in [0.4, 0.5) is 0 Å². The highest BCUT2D eigenvalue weighted by molar-refractivity contribution is 7.14. The average molecular weight is 416 g/mol. The summed E-state index contributed by atoms with van der Waals surface area (Å²) in [5.74, 6) is -1.04. The minimum atomic E-state index is -0.652. The Balaban J connectivity index is 1.41. The Kier molecular flexibility index (Phi) is 6.72. The minimum absolute atomic E-state index is 0.0217. The molecule has 1 aromatic heterocycles. The largest absolute Gasteiger partial charge is 0.494 e. The standard InChI is InChI=1S/C17H16N6O5S/c18-22-19-10-13-20-21-17(29-13)11-3-5-12(6-4-11)27-9-1-2-16(26)28-23-14(24)7-8-15(23)25/h3-6H,1-2,7-10H2. The predicted octanol–water partition coefficient (Wildman–Crippen LogP) is 2.78. The molecule has 3 rings (SSSR count). The monoisotopic (exact) mass is 416 g/mol. The molecule has 0 bridgehead atoms. The van der Waals surface area contributed by atoms with Crippen LogP contribution in [0.5, 0.6) is 5.75 Å². The third-order valence-corrected chi connectivity index (χ3v) is 4.79. The molecule has 11 nitrogen and oxygen atoms in total. The summed E-state index contributed by atoms with van der Waals surface area (Å²) in [6.45, 7) is 0.434. The van der Waals surface area contributed by atoms with Crippen LogP contribution in [0.25, 0.3) is 21.0 Å². The fourth-order valence-electron chi connectivity index (χ4n) is 2.43. The molecule has 0 atom stereocenters. The van der Waals surface area contributed by atoms with Crippen LogP contribution in [0.3, 0.4) is 0 Å². The number of hydroxylamine groups is 2. The number of carbonyl (C=O) groups excluding carboxylic acids is 3. The summed E-state index contributed by atoms with van der Waals surface area (Å²) in [5, 5.41) is 13.3. The molecule has 1 aliphatic rings. The number of ether oxygens (including phenoxy) is 1. The van der Waals surface area contributed by atoms with E-state index in [9.17, 15) is 14.4 Å². The molecular formula is C17H16N6O5S. The van der Waals surface area contributed by atoms with Crippen LogP contribution in [0.15, 0.2) is 29.4 Å². The zero-order chi connectivity index (χ0) is 20.6. The summed E-state index contributed by atoms with van der Waals surface area (Å²) in [6, 6.07) is 7.19. The van der Waals surface area contributed by atoms with Crippen LogP contribution in [0, 0.1) is 0 Å². The summed E-state index contributed by atoms with van der Waals surface area (Å²) in [4.78, 5) is 42.0. The van der Waals surface area contributed by atoms with Crippen LogP contribution in [-0.4, -0.2) is 39.7 Å². The summed E-state index contributed by atoms with van der Waals surface area (Å²) in [6.07, 6.45) is 0.526. The molecule has 2 heterocycles. The molecule has 2 aromatic rings. The third-order valence-electron chi connectivity index (χ3n) is 3.83. The maximum absolute atomic E-state index is 11.7. The molecule has 0 radical (unpaired) electrons. The van der Waals surface area contributed by atoms with E-state index in [1.54, 1.807) is 12.1 Å². The molecule has 29 heavy (non-hydrogen) atoms. The van der Waals surface area contributed by atoms with E-state index in [1.807, 2.05) is 12.1 Å². The van der Waals surface area contributed by atoms with Gasteiger partial charge < -0.3 is 9.57 Å². The van der Waals surface area contributed by atoms with Crippen molar-refractivity contribution in [2.24, 2.45) is 5.11 Å². The average Bonchev–Trinajstić information content (AvgIpc) is 3.32. The Morgan fingerprint density at radius 1 is 1.21 bits per heavy atom. The van der Waals surface area contributed by atoms with Crippen LogP contribution in [0.1, 0.15) is 30.7 Å². The van der Waals surface area contributed by atoms with E-state index in [0.29, 0.717) is 27.2 Å². The topological polar surface area (TPSA) is 147 Å². The van der Waals surface area contributed by atoms with Crippen molar-refractivity contribution in [3.8, 4) is 16.3 Å². The van der Waals surface area contributed by atoms with Crippen LogP contribution < -0.4 is 4.74 Å². The third kappa shape index (κ3) is 5.50. The lowest BCUT2D eigenvalue weighted by Gasteiger charge is -2.12. The lowest BCUT2D eigenvalue weighted by molar-refractivity contribution is -0.197. The summed E-state index contributed by atoms with van der Waals surface area (Å²) >= 11 is 1.34. The zero-order valence-corrected chi connectivity index (χ0v) is 16.0. The highest BCUT2D eigenvalue weighted by Crippen LogP contribution is 2.26. The van der Waals surface area contributed by atoms with E-state index in [4.69, 9.17) is 15.1 Å². The summed E-state index contributed by atoms with van der Waals surface area (Å²) < 4.78 is 5.57. The van der Waals surface area contributed by atoms with Crippen molar-refractivity contribution in [2.45, 2.75) is 32.2 Å². The van der Waals surface area contributed by atoms with Gasteiger partial charge in [-0.25, -0.2) is 4.79 Å². The molecular weight excluding hydrogens is 400 g/mol. The number of benzene rings is 1. The highest BCUT2D eigenvalue weighted by atomic mass is 32.1. The molecule has 1 aromatic carbocycles. The van der Waals surface area contributed by atoms with Gasteiger partial charge in [0.05, 0.1) is 19.6 Å². The van der Waals surface area contributed by atoms with Gasteiger partial charge in [0.25, 0.3) is 11.8 Å². The van der Waals surface area contributed by atoms with Crippen molar-refractivity contribution in [3.63, 3.8) is 0 Å². The number of aromatic nitrogens is 2. The van der Waals surface area contributed by atoms with Gasteiger partial charge in [-0.05, 0) is 36.2 Å². The molecule has 1 fully saturated rings. The molecule has 0 saturated carbocycles. The number of azide groups is 1. The van der Waals surface area contributed by atoms with Gasteiger partial charge in [-0.2, -0.15) is 0 Å². The molecule has 1 aliphatic heterocycles. The van der Waals surface area contributed by atoms with Crippen molar-refractivity contribution in [1.82, 2.24) is 15.3 Å². The quantitative estimate of drug-likeness (QED) is 0.201. The van der Waals surface area contributed by atoms with E-state index in [-0.39, 0.29) is 32.4 Å². The molecule has 2 amide bonds. The van der Waals surface area contributed by atoms with Crippen molar-refractivity contribution in [1.29, 1.82) is 0 Å². The maximum atomic E-state index is 11.7. The van der Waals surface area contributed by atoms with Gasteiger partial charge in [0.15, 0.2) is 0 Å². The van der Waals surface area contributed by atoms with Crippen molar-refractivity contribution in [2.75, 3.05) is 6.61 Å². The van der Waals surface area contributed by atoms with Gasteiger partial charge in [-0.15, -0.1) is 15.3 Å². The van der Waals surface area contributed by atoms with Crippen LogP contribution in [0.2, 0.25) is 0 Å². The molecule has 1 saturated heterocycles. The first-order valence-electron chi connectivity index (χ1n) is 8.70. The lowest BCUT2D eigenvalue weighted by Crippen LogP contribution is -2.32. The Labute approximate surface area is 168 Å². The molecule has 0 N–H and O–H groups in total. The SMILES string of the molecule is [N-]=[N+]=NCc1nnc(-c2ccc(OCCCC(=O)ON3C(=O)CCC3=O)cc2)s1. The highest BCUT2D eigenvalue weighted by Gasteiger charge is 2.32. The van der Waals surface area contributed by atoms with Gasteiger partial charge in [0, 0.05) is 23.3 Å². The maximum Gasteiger partial charge on any atom is 0.333 e. The Morgan fingerprint density at radius 3 is 2.62 bits per heavy atom. The van der Waals surface area contributed by atoms with Gasteiger partial charge in [-0.1, -0.05) is 16.5 Å². The predicted molar refractivity (Wildman–Crippen MR) is 100 cm³/mol. The second kappa shape index (κ2) is 9.62. The minimum Gasteiger partial charge on any atom is -0.494 e. The van der Waals surface area contributed by atoms with Crippen LogP contribution >= 0.6 is 11.3 Å². The number of nitrogens with zero attached hydrogens (tertiary/aromatic N) is 6. The van der Waals surface area contributed by atoms with Gasteiger partial charge >= 0.3 is 5.97 Å². The first kappa shape index (κ1) is 20.2. The van der Waals surface area contributed by atoms with Crippen molar-refractivity contribution >= 4 is 29.1 Å². The number of rotatable bonds is 9. The van der Waals surface area contributed by atoms with E-state index >= 15 is 0 Å². The first-order chi connectivity index (χ1) is 14.1. The van der Waals surface area contributed by atoms with E-state index < -0.39 is 17.8 Å². The summed E-state index contributed by atoms with van der Waals surface area (Å²) in [5.41, 5.74) is 9.18. The second-order valence-corrected chi connectivity index (χ2v) is 6.97. The van der Waals surface area contributed by atoms with Crippen LogP contribution in [-0.2, 0) is 25.8 Å². The lowest BCUT2D eigenvalue weighted by atomic mass is 10.2. The number of hydrogen-bond acceptors (Lipinski definition) is 9. The fraction of sp³-hybridized carbons (Fsp3) is 0.353. The fourth-order valence-corrected chi connectivity index (χ4v) is 3.19. The second-order valence-electron chi connectivity index (χ2n) is 5.91. The number of carbonyl (C=O) groups is 3. The molecule has 0 spiro atoms. The van der Waals surface area contributed by atoms with E-state index in [2.05, 4.69) is 20.2 Å². The number of hydrogen-bond donors (Lipinski definition) is 0. The molecule has 0 unspecified atom stereocenters. The normalized spacial score (nSPS) is 13.3. The van der Waals surface area contributed by atoms with E-state index in [1.165, 1.54) is 11.3 Å². The van der Waals surface area contributed by atoms with Gasteiger partial charge in [0.1, 0.15) is 15.8 Å². The Bertz CT molecular complexity index is 937. The summed E-state index contributed by atoms with van der Waals surface area (Å²) in [7, 11) is 0.